The van der Waals surface area contributed by atoms with Gasteiger partial charge in [-0.2, -0.15) is 0 Å². The lowest BCUT2D eigenvalue weighted by Gasteiger charge is -2.38. The van der Waals surface area contributed by atoms with Gasteiger partial charge in [0, 0.05) is 23.1 Å². The van der Waals surface area contributed by atoms with Crippen molar-refractivity contribution >= 4 is 12.4 Å². The third-order valence-corrected chi connectivity index (χ3v) is 7.04. The molecule has 0 unspecified atom stereocenters. The van der Waals surface area contributed by atoms with Crippen molar-refractivity contribution in [2.75, 3.05) is 19.8 Å². The zero-order chi connectivity index (χ0) is 22.2. The lowest BCUT2D eigenvalue weighted by molar-refractivity contribution is -0.113. The molecule has 3 aliphatic heterocycles. The van der Waals surface area contributed by atoms with E-state index >= 15 is 0 Å². The van der Waals surface area contributed by atoms with Gasteiger partial charge in [0.15, 0.2) is 11.6 Å². The van der Waals surface area contributed by atoms with E-state index in [4.69, 9.17) is 14.2 Å². The lowest BCUT2D eigenvalue weighted by atomic mass is 9.81. The second kappa shape index (κ2) is 8.82. The number of halogens is 2. The third kappa shape index (κ3) is 4.32. The summed E-state index contributed by atoms with van der Waals surface area (Å²) in [7, 11) is 0. The summed E-state index contributed by atoms with van der Waals surface area (Å²) in [6.45, 7) is 4.49. The van der Waals surface area contributed by atoms with Crippen LogP contribution in [0.1, 0.15) is 57.4 Å². The molecule has 1 saturated carbocycles. The number of fused-ring (bicyclic) bond motifs is 4. The van der Waals surface area contributed by atoms with Crippen LogP contribution in [0.25, 0.3) is 0 Å². The Labute approximate surface area is 180 Å². The molecule has 1 saturated heterocycles. The predicted octanol–water partition coefficient (Wildman–Crippen LogP) is 4.20. The van der Waals surface area contributed by atoms with E-state index in [1.165, 1.54) is 6.07 Å². The molecule has 4 aliphatic rings. The van der Waals surface area contributed by atoms with Crippen molar-refractivity contribution in [3.8, 4) is 5.75 Å². The van der Waals surface area contributed by atoms with E-state index in [2.05, 4.69) is 0 Å². The normalized spacial score (nSPS) is 33.2. The molecule has 0 radical (unpaired) electrons. The van der Waals surface area contributed by atoms with E-state index in [9.17, 15) is 18.4 Å². The van der Waals surface area contributed by atoms with Gasteiger partial charge in [0.05, 0.1) is 25.4 Å². The summed E-state index contributed by atoms with van der Waals surface area (Å²) in [5.41, 5.74) is -0.0437. The summed E-state index contributed by atoms with van der Waals surface area (Å²) in [6.07, 6.45) is 3.65. The van der Waals surface area contributed by atoms with Gasteiger partial charge in [-0.05, 0) is 51.0 Å². The van der Waals surface area contributed by atoms with Crippen molar-refractivity contribution in [2.45, 2.75) is 70.1 Å². The van der Waals surface area contributed by atoms with Crippen LogP contribution in [-0.2, 0) is 14.3 Å². The second-order valence-corrected chi connectivity index (χ2v) is 9.29. The van der Waals surface area contributed by atoms with Crippen LogP contribution < -0.4 is 4.74 Å². The van der Waals surface area contributed by atoms with Crippen molar-refractivity contribution in [2.24, 2.45) is 5.41 Å². The maximum Gasteiger partial charge on any atom is 0.415 e. The number of ether oxygens (including phenoxy) is 3. The smallest absolute Gasteiger partial charge is 0.407 e. The molecule has 2 bridgehead atoms. The van der Waals surface area contributed by atoms with Gasteiger partial charge in [-0.25, -0.2) is 13.6 Å². The van der Waals surface area contributed by atoms with Crippen molar-refractivity contribution in [1.29, 1.82) is 0 Å². The Morgan fingerprint density at radius 2 is 2.00 bits per heavy atom. The Kier molecular flexibility index (Phi) is 6.30. The molecule has 5 rings (SSSR count). The lowest BCUT2D eigenvalue weighted by Crippen LogP contribution is -2.50. The predicted molar refractivity (Wildman–Crippen MR) is 108 cm³/mol. The average Bonchev–Trinajstić information content (AvgIpc) is 2.97. The van der Waals surface area contributed by atoms with Gasteiger partial charge in [0.1, 0.15) is 18.7 Å². The zero-order valence-corrected chi connectivity index (χ0v) is 17.9. The molecule has 1 aromatic carbocycles. The summed E-state index contributed by atoms with van der Waals surface area (Å²) in [6, 6.07) is 1.49. The Hall–Kier alpha value is -2.06. The molecule has 8 heteroatoms. The number of rotatable bonds is 4. The highest BCUT2D eigenvalue weighted by molar-refractivity contribution is 5.73. The highest BCUT2D eigenvalue weighted by Crippen LogP contribution is 2.45. The summed E-state index contributed by atoms with van der Waals surface area (Å²) in [4.78, 5) is 25.5. The molecule has 2 fully saturated rings. The molecule has 1 aliphatic carbocycles. The molecule has 6 nitrogen and oxygen atoms in total. The van der Waals surface area contributed by atoms with Gasteiger partial charge in [0.2, 0.25) is 0 Å². The quantitative estimate of drug-likeness (QED) is 0.522. The second-order valence-electron chi connectivity index (χ2n) is 9.29. The Morgan fingerprint density at radius 1 is 1.26 bits per heavy atom. The molecule has 31 heavy (non-hydrogen) atoms. The first-order valence-corrected chi connectivity index (χ1v) is 10.9. The molecule has 170 valence electrons. The minimum atomic E-state index is -0.862. The van der Waals surface area contributed by atoms with Crippen LogP contribution in [0.3, 0.4) is 0 Å². The highest BCUT2D eigenvalue weighted by atomic mass is 19.1. The molecule has 1 amide bonds. The fourth-order valence-electron chi connectivity index (χ4n) is 5.54. The van der Waals surface area contributed by atoms with E-state index in [0.717, 1.165) is 18.9 Å². The van der Waals surface area contributed by atoms with Crippen LogP contribution in [0.4, 0.5) is 13.6 Å². The minimum absolute atomic E-state index is 0.0177. The monoisotopic (exact) mass is 437 g/mol. The van der Waals surface area contributed by atoms with Crippen LogP contribution in [0.15, 0.2) is 12.1 Å². The first-order chi connectivity index (χ1) is 14.8. The molecule has 3 heterocycles. The van der Waals surface area contributed by atoms with E-state index in [-0.39, 0.29) is 43.1 Å². The minimum Gasteiger partial charge on any atom is -0.407 e. The molecular weight excluding hydrogens is 408 g/mol. The van der Waals surface area contributed by atoms with Crippen LogP contribution >= 0.6 is 0 Å². The van der Waals surface area contributed by atoms with E-state index in [0.29, 0.717) is 37.7 Å². The largest absolute Gasteiger partial charge is 0.415 e. The summed E-state index contributed by atoms with van der Waals surface area (Å²) in [5, 5.41) is 0. The first kappa shape index (κ1) is 22.1. The zero-order valence-electron chi connectivity index (χ0n) is 17.9. The number of hydrogen-bond donors (Lipinski definition) is 0. The first-order valence-electron chi connectivity index (χ1n) is 10.9. The van der Waals surface area contributed by atoms with Gasteiger partial charge in [0.25, 0.3) is 0 Å². The SMILES string of the molecule is C[C@@H]1C[C@](C)(COCC=O)[C@H]2COC3CCC(CC3)c3cc(F)cc(F)c3OC(=O)N12. The summed E-state index contributed by atoms with van der Waals surface area (Å²) in [5.74, 6) is -1.79. The Bertz CT molecular complexity index is 842. The van der Waals surface area contributed by atoms with Crippen molar-refractivity contribution in [1.82, 2.24) is 4.90 Å². The van der Waals surface area contributed by atoms with Gasteiger partial charge >= 0.3 is 6.09 Å². The van der Waals surface area contributed by atoms with Gasteiger partial charge in [-0.3, -0.25) is 4.90 Å². The van der Waals surface area contributed by atoms with E-state index in [1.54, 1.807) is 4.90 Å². The highest BCUT2D eigenvalue weighted by Gasteiger charge is 2.51. The number of hydrogen-bond acceptors (Lipinski definition) is 5. The number of aldehydes is 1. The molecular formula is C23H29F2NO5. The van der Waals surface area contributed by atoms with Crippen LogP contribution in [0, 0.1) is 17.0 Å². The number of amides is 1. The third-order valence-electron chi connectivity index (χ3n) is 7.04. The fourth-order valence-corrected chi connectivity index (χ4v) is 5.54. The van der Waals surface area contributed by atoms with Gasteiger partial charge < -0.3 is 19.0 Å². The van der Waals surface area contributed by atoms with E-state index < -0.39 is 23.1 Å². The van der Waals surface area contributed by atoms with Crippen LogP contribution in [0.5, 0.6) is 5.75 Å². The number of benzene rings is 1. The average molecular weight is 437 g/mol. The fraction of sp³-hybridized carbons (Fsp3) is 0.652. The molecule has 0 N–H and O–H groups in total. The molecule has 0 aromatic heterocycles. The number of carbonyl (C=O) groups is 2. The van der Waals surface area contributed by atoms with Crippen molar-refractivity contribution < 1.29 is 32.6 Å². The standard InChI is InChI=1S/C23H29F2NO5/c1-14-11-23(2,13-29-8-7-27)20-12-30-17-5-3-15(4-6-17)18-9-16(24)10-19(25)21(18)31-22(28)26(14)20/h7,9-10,14-15,17,20H,3-6,8,11-13H2,1-2H3/t14-,15?,17?,20-,23-/m1/s1. The molecule has 0 spiro atoms. The molecule has 1 aromatic rings. The molecule has 3 atom stereocenters. The summed E-state index contributed by atoms with van der Waals surface area (Å²) < 4.78 is 46.1. The number of carbonyl (C=O) groups excluding carboxylic acids is 2. The van der Waals surface area contributed by atoms with Crippen LogP contribution in [-0.4, -0.2) is 55.3 Å². The maximum atomic E-state index is 14.7. The summed E-state index contributed by atoms with van der Waals surface area (Å²) >= 11 is 0. The Morgan fingerprint density at radius 3 is 2.71 bits per heavy atom. The van der Waals surface area contributed by atoms with Gasteiger partial charge in [-0.15, -0.1) is 0 Å². The Balaban J connectivity index is 1.70. The van der Waals surface area contributed by atoms with E-state index in [1.807, 2.05) is 13.8 Å². The van der Waals surface area contributed by atoms with Crippen molar-refractivity contribution in [3.05, 3.63) is 29.3 Å². The topological polar surface area (TPSA) is 65.1 Å². The van der Waals surface area contributed by atoms with Gasteiger partial charge in [-0.1, -0.05) is 6.92 Å². The maximum absolute atomic E-state index is 14.7. The van der Waals surface area contributed by atoms with Crippen molar-refractivity contribution in [3.63, 3.8) is 0 Å². The number of nitrogens with zero attached hydrogens (tertiary/aromatic N) is 1. The van der Waals surface area contributed by atoms with Crippen LogP contribution in [0.2, 0.25) is 0 Å².